The molecule has 3 rings (SSSR count). The fourth-order valence-corrected chi connectivity index (χ4v) is 3.38. The summed E-state index contributed by atoms with van der Waals surface area (Å²) in [5, 5.41) is 10.0. The van der Waals surface area contributed by atoms with Gasteiger partial charge in [0.15, 0.2) is 0 Å². The second kappa shape index (κ2) is 6.52. The molecule has 0 amide bonds. The van der Waals surface area contributed by atoms with Crippen molar-refractivity contribution in [1.82, 2.24) is 15.1 Å². The molecule has 0 aromatic carbocycles. The highest BCUT2D eigenvalue weighted by atomic mass is 32.1. The van der Waals surface area contributed by atoms with Crippen LogP contribution in [0.3, 0.4) is 0 Å². The number of hydrogen-bond acceptors (Lipinski definition) is 4. The Morgan fingerprint density at radius 2 is 2.50 bits per heavy atom. The van der Waals surface area contributed by atoms with Crippen molar-refractivity contribution in [2.24, 2.45) is 5.92 Å². The molecule has 1 fully saturated rings. The first-order valence-electron chi connectivity index (χ1n) is 7.24. The van der Waals surface area contributed by atoms with Crippen LogP contribution in [0, 0.1) is 5.92 Å². The van der Waals surface area contributed by atoms with Gasteiger partial charge in [-0.05, 0) is 24.8 Å². The van der Waals surface area contributed by atoms with E-state index in [1.807, 2.05) is 10.9 Å². The summed E-state index contributed by atoms with van der Waals surface area (Å²) in [6.07, 6.45) is 5.39. The van der Waals surface area contributed by atoms with Gasteiger partial charge in [-0.1, -0.05) is 6.07 Å². The zero-order chi connectivity index (χ0) is 13.8. The number of hydrogen-bond donors (Lipinski definition) is 1. The van der Waals surface area contributed by atoms with Crippen LogP contribution in [0.1, 0.15) is 29.9 Å². The second-order valence-corrected chi connectivity index (χ2v) is 6.21. The molecule has 108 valence electrons. The van der Waals surface area contributed by atoms with Crippen LogP contribution < -0.4 is 5.32 Å². The molecule has 2 atom stereocenters. The number of ether oxygens (including phenoxy) is 1. The summed E-state index contributed by atoms with van der Waals surface area (Å²) < 4.78 is 7.87. The van der Waals surface area contributed by atoms with Gasteiger partial charge in [0.05, 0.1) is 12.3 Å². The van der Waals surface area contributed by atoms with Gasteiger partial charge in [0, 0.05) is 48.8 Å². The molecule has 2 aromatic heterocycles. The predicted molar refractivity (Wildman–Crippen MR) is 80.7 cm³/mol. The Kier molecular flexibility index (Phi) is 4.50. The number of aryl methyl sites for hydroxylation is 1. The molecule has 1 aliphatic rings. The summed E-state index contributed by atoms with van der Waals surface area (Å²) in [6.45, 7) is 5.82. The molecule has 3 heterocycles. The van der Waals surface area contributed by atoms with Crippen LogP contribution in [0.2, 0.25) is 0 Å². The number of nitrogens with zero attached hydrogens (tertiary/aromatic N) is 2. The van der Waals surface area contributed by atoms with Gasteiger partial charge in [0.1, 0.15) is 0 Å². The van der Waals surface area contributed by atoms with Crippen molar-refractivity contribution in [3.05, 3.63) is 40.3 Å². The first-order chi connectivity index (χ1) is 9.86. The van der Waals surface area contributed by atoms with Crippen LogP contribution in [0.25, 0.3) is 0 Å². The molecule has 0 spiro atoms. The van der Waals surface area contributed by atoms with Crippen molar-refractivity contribution in [1.29, 1.82) is 0 Å². The van der Waals surface area contributed by atoms with Crippen LogP contribution in [0.15, 0.2) is 29.9 Å². The minimum absolute atomic E-state index is 0.200. The normalized spacial score (nSPS) is 22.4. The molecule has 2 aromatic rings. The first-order valence-corrected chi connectivity index (χ1v) is 8.12. The number of nitrogens with one attached hydrogen (secondary N) is 1. The Balaban J connectivity index is 1.55. The van der Waals surface area contributed by atoms with Gasteiger partial charge in [-0.15, -0.1) is 11.3 Å². The zero-order valence-corrected chi connectivity index (χ0v) is 12.6. The quantitative estimate of drug-likeness (QED) is 0.889. The van der Waals surface area contributed by atoms with E-state index in [-0.39, 0.29) is 6.10 Å². The van der Waals surface area contributed by atoms with Crippen molar-refractivity contribution >= 4 is 11.3 Å². The SMILES string of the molecule is CCn1cc([C@@H]2OCC[C@@H]2CNCc2cccs2)cn1. The first kappa shape index (κ1) is 13.8. The Morgan fingerprint density at radius 3 is 3.25 bits per heavy atom. The van der Waals surface area contributed by atoms with E-state index >= 15 is 0 Å². The predicted octanol–water partition coefficient (Wildman–Crippen LogP) is 2.83. The van der Waals surface area contributed by atoms with E-state index in [1.165, 1.54) is 10.4 Å². The Hall–Kier alpha value is -1.17. The van der Waals surface area contributed by atoms with E-state index in [0.29, 0.717) is 5.92 Å². The van der Waals surface area contributed by atoms with Crippen LogP contribution in [0.4, 0.5) is 0 Å². The third kappa shape index (κ3) is 3.11. The van der Waals surface area contributed by atoms with Crippen LogP contribution in [0.5, 0.6) is 0 Å². The van der Waals surface area contributed by atoms with E-state index in [4.69, 9.17) is 4.74 Å². The molecule has 0 unspecified atom stereocenters. The van der Waals surface area contributed by atoms with E-state index in [1.54, 1.807) is 11.3 Å². The minimum Gasteiger partial charge on any atom is -0.373 e. The van der Waals surface area contributed by atoms with Gasteiger partial charge in [0.2, 0.25) is 0 Å². The molecular formula is C15H21N3OS. The smallest absolute Gasteiger partial charge is 0.0896 e. The fraction of sp³-hybridized carbons (Fsp3) is 0.533. The Bertz CT molecular complexity index is 523. The van der Waals surface area contributed by atoms with Crippen molar-refractivity contribution in [2.75, 3.05) is 13.2 Å². The van der Waals surface area contributed by atoms with Gasteiger partial charge in [0.25, 0.3) is 0 Å². The van der Waals surface area contributed by atoms with E-state index < -0.39 is 0 Å². The van der Waals surface area contributed by atoms with Crippen molar-refractivity contribution in [2.45, 2.75) is 32.5 Å². The number of rotatable bonds is 6. The van der Waals surface area contributed by atoms with Gasteiger partial charge >= 0.3 is 0 Å². The topological polar surface area (TPSA) is 39.1 Å². The van der Waals surface area contributed by atoms with Crippen LogP contribution in [-0.4, -0.2) is 22.9 Å². The summed E-state index contributed by atoms with van der Waals surface area (Å²) in [6, 6.07) is 4.27. The summed E-state index contributed by atoms with van der Waals surface area (Å²) in [4.78, 5) is 1.39. The maximum atomic E-state index is 5.91. The monoisotopic (exact) mass is 291 g/mol. The lowest BCUT2D eigenvalue weighted by atomic mass is 9.97. The lowest BCUT2D eigenvalue weighted by Crippen LogP contribution is -2.24. The van der Waals surface area contributed by atoms with Crippen LogP contribution >= 0.6 is 11.3 Å². The van der Waals surface area contributed by atoms with E-state index in [2.05, 4.69) is 41.0 Å². The Labute approximate surface area is 123 Å². The lowest BCUT2D eigenvalue weighted by molar-refractivity contribution is 0.0904. The van der Waals surface area contributed by atoms with Crippen molar-refractivity contribution < 1.29 is 4.74 Å². The van der Waals surface area contributed by atoms with E-state index in [0.717, 1.165) is 32.7 Å². The molecule has 4 nitrogen and oxygen atoms in total. The van der Waals surface area contributed by atoms with Crippen molar-refractivity contribution in [3.63, 3.8) is 0 Å². The summed E-state index contributed by atoms with van der Waals surface area (Å²) in [7, 11) is 0. The highest BCUT2D eigenvalue weighted by Crippen LogP contribution is 2.33. The third-order valence-electron chi connectivity index (χ3n) is 3.81. The summed E-state index contributed by atoms with van der Waals surface area (Å²) in [5.41, 5.74) is 1.22. The molecule has 1 N–H and O–H groups in total. The fourth-order valence-electron chi connectivity index (χ4n) is 2.70. The largest absolute Gasteiger partial charge is 0.373 e. The van der Waals surface area contributed by atoms with E-state index in [9.17, 15) is 0 Å². The lowest BCUT2D eigenvalue weighted by Gasteiger charge is -2.17. The van der Waals surface area contributed by atoms with Gasteiger partial charge in [-0.2, -0.15) is 5.10 Å². The van der Waals surface area contributed by atoms with Crippen molar-refractivity contribution in [3.8, 4) is 0 Å². The third-order valence-corrected chi connectivity index (χ3v) is 4.68. The maximum Gasteiger partial charge on any atom is 0.0896 e. The van der Waals surface area contributed by atoms with Gasteiger partial charge in [-0.25, -0.2) is 0 Å². The Morgan fingerprint density at radius 1 is 1.55 bits per heavy atom. The standard InChI is InChI=1S/C15H21N3OS/c1-2-18-11-13(9-17-18)15-12(5-6-19-15)8-16-10-14-4-3-7-20-14/h3-4,7,9,11-12,15-16H,2,5-6,8,10H2,1H3/t12-,15-/m1/s1. The molecule has 1 aliphatic heterocycles. The molecule has 0 bridgehead atoms. The molecule has 0 radical (unpaired) electrons. The molecule has 5 heteroatoms. The highest BCUT2D eigenvalue weighted by Gasteiger charge is 2.30. The van der Waals surface area contributed by atoms with Crippen LogP contribution in [-0.2, 0) is 17.8 Å². The van der Waals surface area contributed by atoms with Gasteiger partial charge in [-0.3, -0.25) is 4.68 Å². The molecular weight excluding hydrogens is 270 g/mol. The zero-order valence-electron chi connectivity index (χ0n) is 11.8. The van der Waals surface area contributed by atoms with Gasteiger partial charge < -0.3 is 10.1 Å². The summed E-state index contributed by atoms with van der Waals surface area (Å²) >= 11 is 1.80. The number of aromatic nitrogens is 2. The average Bonchev–Trinajstić information content (AvgIpc) is 3.20. The summed E-state index contributed by atoms with van der Waals surface area (Å²) in [5.74, 6) is 0.546. The molecule has 0 aliphatic carbocycles. The second-order valence-electron chi connectivity index (χ2n) is 5.18. The molecule has 20 heavy (non-hydrogen) atoms. The average molecular weight is 291 g/mol. The highest BCUT2D eigenvalue weighted by molar-refractivity contribution is 7.09. The molecule has 1 saturated heterocycles. The minimum atomic E-state index is 0.200. The maximum absolute atomic E-state index is 5.91. The molecule has 0 saturated carbocycles. The number of thiophene rings is 1.